The molecule has 11 aromatic rings. The normalized spacial score (nSPS) is 13.1. The van der Waals surface area contributed by atoms with Crippen molar-refractivity contribution in [3.8, 4) is 11.1 Å². The predicted molar refractivity (Wildman–Crippen MR) is 287 cm³/mol. The molecule has 0 bridgehead atoms. The van der Waals surface area contributed by atoms with E-state index in [2.05, 4.69) is 201 Å². The Balaban J connectivity index is 1.12. The summed E-state index contributed by atoms with van der Waals surface area (Å²) in [5.74, 6) is 0. The van der Waals surface area contributed by atoms with Gasteiger partial charge < -0.3 is 9.80 Å². The molecule has 5 heteroatoms. The lowest BCUT2D eigenvalue weighted by molar-refractivity contribution is 1.13. The maximum Gasteiger partial charge on any atom is 0.277 e. The minimum Gasteiger partial charge on any atom is -0.310 e. The van der Waals surface area contributed by atoms with Crippen LogP contribution in [-0.2, 0) is 25.7 Å². The summed E-state index contributed by atoms with van der Waals surface area (Å²) in [6.45, 7) is 9.18. The van der Waals surface area contributed by atoms with E-state index in [1.807, 2.05) is 22.7 Å². The van der Waals surface area contributed by atoms with Gasteiger partial charge in [-0.05, 0) is 158 Å². The Morgan fingerprint density at radius 1 is 0.385 bits per heavy atom. The molecule has 0 saturated heterocycles. The lowest BCUT2D eigenvalue weighted by atomic mass is 9.39. The number of hydrogen-bond acceptors (Lipinski definition) is 4. The Kier molecular flexibility index (Phi) is 8.92. The van der Waals surface area contributed by atoms with Gasteiger partial charge >= 0.3 is 0 Å². The second kappa shape index (κ2) is 15.0. The smallest absolute Gasteiger partial charge is 0.277 e. The first-order valence-corrected chi connectivity index (χ1v) is 25.1. The molecule has 0 fully saturated rings. The summed E-state index contributed by atoms with van der Waals surface area (Å²) in [7, 11) is 0. The molecular weight excluding hydrogens is 824 g/mol. The molecule has 0 radical (unpaired) electrons. The van der Waals surface area contributed by atoms with Crippen molar-refractivity contribution >= 4 is 131 Å². The van der Waals surface area contributed by atoms with Crippen LogP contribution in [0.3, 0.4) is 0 Å². The van der Waals surface area contributed by atoms with Crippen molar-refractivity contribution in [2.45, 2.75) is 53.4 Å². The second-order valence-electron chi connectivity index (χ2n) is 17.9. The minimum absolute atomic E-state index is 0.0947. The third-order valence-electron chi connectivity index (χ3n) is 14.5. The van der Waals surface area contributed by atoms with E-state index < -0.39 is 0 Å². The number of nitrogens with zero attached hydrogens (tertiary/aromatic N) is 2. The maximum absolute atomic E-state index is 2.67. The predicted octanol–water partition coefficient (Wildman–Crippen LogP) is 15.6. The van der Waals surface area contributed by atoms with Gasteiger partial charge in [0, 0.05) is 52.4 Å². The first-order chi connectivity index (χ1) is 32.0. The molecule has 0 spiro atoms. The van der Waals surface area contributed by atoms with E-state index in [9.17, 15) is 0 Å². The maximum atomic E-state index is 2.67. The van der Waals surface area contributed by atoms with Gasteiger partial charge in [0.2, 0.25) is 0 Å². The summed E-state index contributed by atoms with van der Waals surface area (Å²) in [5, 5.41) is 10.5. The van der Waals surface area contributed by atoms with Crippen LogP contribution in [0.15, 0.2) is 164 Å². The fourth-order valence-corrected chi connectivity index (χ4v) is 13.8. The molecule has 2 aromatic heterocycles. The third kappa shape index (κ3) is 5.71. The average molecular weight is 871 g/mol. The Labute approximate surface area is 389 Å². The van der Waals surface area contributed by atoms with Crippen molar-refractivity contribution in [1.29, 1.82) is 0 Å². The molecule has 65 heavy (non-hydrogen) atoms. The van der Waals surface area contributed by atoms with Crippen molar-refractivity contribution in [3.05, 3.63) is 186 Å². The zero-order valence-corrected chi connectivity index (χ0v) is 38.8. The Morgan fingerprint density at radius 3 is 1.46 bits per heavy atom. The number of anilines is 6. The van der Waals surface area contributed by atoms with E-state index in [-0.39, 0.29) is 6.71 Å². The Bertz CT molecular complexity index is 3710. The molecule has 0 aliphatic carbocycles. The van der Waals surface area contributed by atoms with Gasteiger partial charge in [-0.2, -0.15) is 0 Å². The number of aryl methyl sites for hydroxylation is 4. The van der Waals surface area contributed by atoms with Crippen LogP contribution in [-0.4, -0.2) is 6.71 Å². The highest BCUT2D eigenvalue weighted by molar-refractivity contribution is 7.40. The largest absolute Gasteiger partial charge is 0.310 e. The summed E-state index contributed by atoms with van der Waals surface area (Å²) < 4.78 is 5.56. The van der Waals surface area contributed by atoms with Crippen LogP contribution < -0.4 is 24.8 Å². The van der Waals surface area contributed by atoms with Crippen LogP contribution in [0.4, 0.5) is 34.1 Å². The first kappa shape index (κ1) is 38.8. The van der Waals surface area contributed by atoms with Crippen LogP contribution in [0.1, 0.15) is 49.9 Å². The van der Waals surface area contributed by atoms with Crippen molar-refractivity contribution in [1.82, 2.24) is 0 Å². The molecule has 4 heterocycles. The molecule has 0 atom stereocenters. The lowest BCUT2D eigenvalue weighted by Crippen LogP contribution is -2.59. The first-order valence-electron chi connectivity index (χ1n) is 23.4. The molecule has 9 aromatic carbocycles. The highest BCUT2D eigenvalue weighted by Gasteiger charge is 2.47. The van der Waals surface area contributed by atoms with Crippen LogP contribution in [0.2, 0.25) is 0 Å². The topological polar surface area (TPSA) is 6.48 Å². The zero-order chi connectivity index (χ0) is 43.5. The molecule has 0 amide bonds. The Hall–Kier alpha value is -6.66. The highest BCUT2D eigenvalue weighted by atomic mass is 32.1. The van der Waals surface area contributed by atoms with E-state index in [1.54, 1.807) is 0 Å². The van der Waals surface area contributed by atoms with Crippen LogP contribution in [0.25, 0.3) is 63.6 Å². The standard InChI is InChI=1S/C60H47BN2S2/c1-5-36-20-26-41(27-21-36)62-52-18-13-19-53-56(52)61(59-57(62)49-33-38(7-3)23-30-54(49)64-59)60-58(50-34-39(8-4)24-31-55(50)65-60)63(53)51-29-22-37(6-2)32-47(51)40-25-28-46-44-16-10-9-14-42(44)43-15-11-12-17-45(43)48(46)35-40/h9-35H,5-8H2,1-4H3. The average Bonchev–Trinajstić information content (AvgIpc) is 3.94. The third-order valence-corrected chi connectivity index (χ3v) is 16.9. The van der Waals surface area contributed by atoms with Crippen molar-refractivity contribution in [2.75, 3.05) is 9.80 Å². The summed E-state index contributed by atoms with van der Waals surface area (Å²) in [5.41, 5.74) is 16.9. The quantitative estimate of drug-likeness (QED) is 0.116. The molecule has 13 rings (SSSR count). The summed E-state index contributed by atoms with van der Waals surface area (Å²) in [4.78, 5) is 5.28. The van der Waals surface area contributed by atoms with Gasteiger partial charge in [-0.3, -0.25) is 0 Å². The number of thiophene rings is 2. The van der Waals surface area contributed by atoms with Crippen molar-refractivity contribution < 1.29 is 0 Å². The van der Waals surface area contributed by atoms with Crippen molar-refractivity contribution in [3.63, 3.8) is 0 Å². The molecule has 312 valence electrons. The van der Waals surface area contributed by atoms with E-state index in [0.717, 1.165) is 25.7 Å². The number of hydrogen-bond donors (Lipinski definition) is 0. The van der Waals surface area contributed by atoms with Gasteiger partial charge in [0.1, 0.15) is 0 Å². The molecule has 0 N–H and O–H groups in total. The van der Waals surface area contributed by atoms with E-state index in [1.165, 1.54) is 135 Å². The highest BCUT2D eigenvalue weighted by Crippen LogP contribution is 2.52. The van der Waals surface area contributed by atoms with Crippen molar-refractivity contribution in [2.24, 2.45) is 0 Å². The van der Waals surface area contributed by atoms with Gasteiger partial charge in [0.05, 0.1) is 17.1 Å². The van der Waals surface area contributed by atoms with E-state index >= 15 is 0 Å². The van der Waals surface area contributed by atoms with Gasteiger partial charge in [0.15, 0.2) is 0 Å². The number of rotatable bonds is 7. The van der Waals surface area contributed by atoms with Crippen LogP contribution in [0, 0.1) is 0 Å². The molecular formula is C60H47BN2S2. The van der Waals surface area contributed by atoms with Gasteiger partial charge in [-0.15, -0.1) is 22.7 Å². The lowest BCUT2D eigenvalue weighted by Gasteiger charge is -2.42. The molecule has 0 saturated carbocycles. The Morgan fingerprint density at radius 2 is 0.877 bits per heavy atom. The number of fused-ring (bicyclic) bond motifs is 14. The summed E-state index contributed by atoms with van der Waals surface area (Å²) >= 11 is 4.00. The second-order valence-corrected chi connectivity index (χ2v) is 20.1. The molecule has 0 unspecified atom stereocenters. The minimum atomic E-state index is 0.0947. The van der Waals surface area contributed by atoms with E-state index in [4.69, 9.17) is 0 Å². The van der Waals surface area contributed by atoms with Gasteiger partial charge in [-0.25, -0.2) is 0 Å². The molecule has 2 aliphatic rings. The van der Waals surface area contributed by atoms with Crippen LogP contribution in [0.5, 0.6) is 0 Å². The van der Waals surface area contributed by atoms with Gasteiger partial charge in [0.25, 0.3) is 6.71 Å². The number of benzene rings is 9. The van der Waals surface area contributed by atoms with E-state index in [0.29, 0.717) is 0 Å². The fourth-order valence-electron chi connectivity index (χ4n) is 11.1. The zero-order valence-electron chi connectivity index (χ0n) is 37.2. The summed E-state index contributed by atoms with van der Waals surface area (Å²) in [6, 6.07) is 63.2. The summed E-state index contributed by atoms with van der Waals surface area (Å²) in [6.07, 6.45) is 3.98. The fraction of sp³-hybridized carbons (Fsp3) is 0.133. The van der Waals surface area contributed by atoms with Crippen LogP contribution >= 0.6 is 22.7 Å². The molecule has 2 aliphatic heterocycles. The SMILES string of the molecule is CCc1ccc(N2c3cccc4c3B(c3sc5ccc(CC)cc5c32)c2sc3ccc(CC)cc3c2N4c2ccc(CC)cc2-c2ccc3c4ccccc4c4ccccc4c3c2)cc1. The monoisotopic (exact) mass is 870 g/mol. The molecule has 2 nitrogen and oxygen atoms in total. The van der Waals surface area contributed by atoms with Gasteiger partial charge in [-0.1, -0.05) is 125 Å².